The fourth-order valence-corrected chi connectivity index (χ4v) is 3.11. The molecule has 1 amide bonds. The highest BCUT2D eigenvalue weighted by atomic mass is 16.5. The summed E-state index contributed by atoms with van der Waals surface area (Å²) in [5, 5.41) is 14.0. The van der Waals surface area contributed by atoms with E-state index in [4.69, 9.17) is 14.0 Å². The van der Waals surface area contributed by atoms with Gasteiger partial charge in [-0.2, -0.15) is 10.1 Å². The predicted octanol–water partition coefficient (Wildman–Crippen LogP) is 3.85. The minimum absolute atomic E-state index is 0.101. The molecule has 0 aliphatic heterocycles. The van der Waals surface area contributed by atoms with Gasteiger partial charge in [0, 0.05) is 36.1 Å². The van der Waals surface area contributed by atoms with Crippen LogP contribution in [-0.2, 0) is 29.5 Å². The van der Waals surface area contributed by atoms with Crippen LogP contribution in [-0.4, -0.2) is 40.5 Å². The number of aromatic nitrogens is 4. The van der Waals surface area contributed by atoms with Gasteiger partial charge in [0.2, 0.25) is 11.8 Å². The first-order valence-corrected chi connectivity index (χ1v) is 10.7. The zero-order valence-electron chi connectivity index (χ0n) is 19.3. The molecule has 0 aliphatic rings. The van der Waals surface area contributed by atoms with Crippen molar-refractivity contribution in [3.8, 4) is 11.5 Å². The Morgan fingerprint density at radius 1 is 1.06 bits per heavy atom. The van der Waals surface area contributed by atoms with Gasteiger partial charge in [0.1, 0.15) is 11.5 Å². The van der Waals surface area contributed by atoms with Crippen molar-refractivity contribution in [3.63, 3.8) is 0 Å². The molecule has 0 unspecified atom stereocenters. The van der Waals surface area contributed by atoms with Crippen molar-refractivity contribution in [3.05, 3.63) is 47.2 Å². The lowest BCUT2D eigenvalue weighted by molar-refractivity contribution is -0.116. The number of nitrogens with zero attached hydrogens (tertiary/aromatic N) is 3. The van der Waals surface area contributed by atoms with Gasteiger partial charge in [0.25, 0.3) is 0 Å². The maximum Gasteiger partial charge on any atom is 0.226 e. The number of rotatable bonds is 10. The van der Waals surface area contributed by atoms with Crippen LogP contribution in [0.25, 0.3) is 0 Å². The van der Waals surface area contributed by atoms with Crippen molar-refractivity contribution >= 4 is 11.7 Å². The van der Waals surface area contributed by atoms with Gasteiger partial charge in [0.05, 0.1) is 14.2 Å². The molecule has 0 radical (unpaired) electrons. The molecule has 9 heteroatoms. The van der Waals surface area contributed by atoms with Crippen LogP contribution in [0.15, 0.2) is 28.8 Å². The Kier molecular flexibility index (Phi) is 7.50. The lowest BCUT2D eigenvalue weighted by atomic mass is 9.96. The fourth-order valence-electron chi connectivity index (χ4n) is 3.11. The molecule has 3 rings (SSSR count). The number of hydrogen-bond acceptors (Lipinski definition) is 7. The minimum atomic E-state index is -0.157. The molecule has 2 N–H and O–H groups in total. The topological polar surface area (TPSA) is 115 Å². The average Bonchev–Trinajstić information content (AvgIpc) is 3.41. The van der Waals surface area contributed by atoms with E-state index in [1.807, 2.05) is 45.0 Å². The summed E-state index contributed by atoms with van der Waals surface area (Å²) >= 11 is 0. The largest absolute Gasteiger partial charge is 0.497 e. The second-order valence-corrected chi connectivity index (χ2v) is 8.66. The molecule has 2 aromatic heterocycles. The molecule has 9 nitrogen and oxygen atoms in total. The summed E-state index contributed by atoms with van der Waals surface area (Å²) in [7, 11) is 3.26. The third-order valence-corrected chi connectivity index (χ3v) is 4.93. The Balaban J connectivity index is 1.44. The molecule has 0 spiro atoms. The van der Waals surface area contributed by atoms with Gasteiger partial charge in [-0.1, -0.05) is 25.9 Å². The van der Waals surface area contributed by atoms with Gasteiger partial charge in [-0.25, -0.2) is 0 Å². The van der Waals surface area contributed by atoms with Gasteiger partial charge >= 0.3 is 0 Å². The molecule has 32 heavy (non-hydrogen) atoms. The van der Waals surface area contributed by atoms with Gasteiger partial charge in [0.15, 0.2) is 11.6 Å². The number of nitrogens with one attached hydrogen (secondary N) is 2. The second-order valence-electron chi connectivity index (χ2n) is 8.66. The Morgan fingerprint density at radius 3 is 2.41 bits per heavy atom. The summed E-state index contributed by atoms with van der Waals surface area (Å²) < 4.78 is 15.9. The number of amides is 1. The molecule has 0 atom stereocenters. The van der Waals surface area contributed by atoms with Crippen molar-refractivity contribution in [1.82, 2.24) is 20.3 Å². The van der Waals surface area contributed by atoms with Crippen LogP contribution in [0.4, 0.5) is 5.82 Å². The maximum absolute atomic E-state index is 12.2. The molecule has 172 valence electrons. The monoisotopic (exact) mass is 441 g/mol. The third-order valence-electron chi connectivity index (χ3n) is 4.93. The van der Waals surface area contributed by atoms with E-state index in [2.05, 4.69) is 25.7 Å². The predicted molar refractivity (Wildman–Crippen MR) is 120 cm³/mol. The van der Waals surface area contributed by atoms with Crippen molar-refractivity contribution in [2.75, 3.05) is 19.5 Å². The highest BCUT2D eigenvalue weighted by Gasteiger charge is 2.20. The van der Waals surface area contributed by atoms with E-state index in [-0.39, 0.29) is 11.3 Å². The molecular formula is C23H31N5O4. The summed E-state index contributed by atoms with van der Waals surface area (Å²) in [5.74, 6) is 3.16. The maximum atomic E-state index is 12.2. The zero-order valence-corrected chi connectivity index (χ0v) is 19.3. The number of H-pyrrole nitrogens is 1. The van der Waals surface area contributed by atoms with Crippen molar-refractivity contribution < 1.29 is 18.8 Å². The smallest absolute Gasteiger partial charge is 0.226 e. The Hall–Kier alpha value is -3.36. The van der Waals surface area contributed by atoms with Crippen molar-refractivity contribution in [2.45, 2.75) is 58.3 Å². The standard InChI is InChI=1S/C23H31N5O4/c1-23(2,3)22-25-21(32-28-22)8-6-7-20(29)24-19-13-16(26-27-19)10-9-15-11-17(30-4)14-18(12-15)31-5/h11-14H,6-10H2,1-5H3,(H2,24,26,27,29). The minimum Gasteiger partial charge on any atom is -0.497 e. The van der Waals surface area contributed by atoms with Crippen LogP contribution in [0, 0.1) is 0 Å². The fraction of sp³-hybridized carbons (Fsp3) is 0.478. The number of carbonyl (C=O) groups is 1. The number of carbonyl (C=O) groups excluding carboxylic acids is 1. The first-order chi connectivity index (χ1) is 15.3. The first kappa shape index (κ1) is 23.3. The lowest BCUT2D eigenvalue weighted by Gasteiger charge is -2.10. The first-order valence-electron chi connectivity index (χ1n) is 10.7. The summed E-state index contributed by atoms with van der Waals surface area (Å²) in [6.45, 7) is 6.09. The molecule has 0 saturated carbocycles. The van der Waals surface area contributed by atoms with Crippen molar-refractivity contribution in [1.29, 1.82) is 0 Å². The number of ether oxygens (including phenoxy) is 2. The van der Waals surface area contributed by atoms with Crippen LogP contribution in [0.1, 0.15) is 56.6 Å². The summed E-state index contributed by atoms with van der Waals surface area (Å²) in [5.41, 5.74) is 1.87. The number of methoxy groups -OCH3 is 2. The molecule has 0 saturated heterocycles. The number of anilines is 1. The summed E-state index contributed by atoms with van der Waals surface area (Å²) in [6, 6.07) is 7.66. The van der Waals surface area contributed by atoms with Gasteiger partial charge in [-0.15, -0.1) is 0 Å². The number of aromatic amines is 1. The van der Waals surface area contributed by atoms with Crippen LogP contribution in [0.5, 0.6) is 11.5 Å². The number of benzene rings is 1. The van der Waals surface area contributed by atoms with E-state index in [0.29, 0.717) is 36.8 Å². The van der Waals surface area contributed by atoms with Gasteiger partial charge < -0.3 is 19.3 Å². The Bertz CT molecular complexity index is 1010. The Labute approximate surface area is 187 Å². The SMILES string of the molecule is COc1cc(CCc2cc(NC(=O)CCCc3nc(C(C)(C)C)no3)n[nH]2)cc(OC)c1. The Morgan fingerprint density at radius 2 is 1.78 bits per heavy atom. The number of hydrogen-bond donors (Lipinski definition) is 2. The van der Waals surface area contributed by atoms with E-state index in [1.165, 1.54) is 0 Å². The second kappa shape index (κ2) is 10.3. The molecule has 2 heterocycles. The van der Waals surface area contributed by atoms with E-state index < -0.39 is 0 Å². The molecule has 3 aromatic rings. The molecule has 0 fully saturated rings. The number of aryl methyl sites for hydroxylation is 3. The molecular weight excluding hydrogens is 410 g/mol. The molecule has 0 bridgehead atoms. The lowest BCUT2D eigenvalue weighted by Crippen LogP contribution is -2.13. The third kappa shape index (κ3) is 6.57. The van der Waals surface area contributed by atoms with Crippen LogP contribution in [0.3, 0.4) is 0 Å². The van der Waals surface area contributed by atoms with E-state index >= 15 is 0 Å². The van der Waals surface area contributed by atoms with E-state index in [9.17, 15) is 4.79 Å². The van der Waals surface area contributed by atoms with Crippen LogP contribution >= 0.6 is 0 Å². The van der Waals surface area contributed by atoms with Gasteiger partial charge in [-0.05, 0) is 37.0 Å². The van der Waals surface area contributed by atoms with Crippen LogP contribution in [0.2, 0.25) is 0 Å². The molecule has 1 aromatic carbocycles. The summed E-state index contributed by atoms with van der Waals surface area (Å²) in [4.78, 5) is 16.6. The van der Waals surface area contributed by atoms with E-state index in [0.717, 1.165) is 35.6 Å². The van der Waals surface area contributed by atoms with Crippen molar-refractivity contribution in [2.24, 2.45) is 0 Å². The van der Waals surface area contributed by atoms with Gasteiger partial charge in [-0.3, -0.25) is 9.89 Å². The zero-order chi connectivity index (χ0) is 23.1. The normalized spacial score (nSPS) is 11.4. The van der Waals surface area contributed by atoms with Crippen LogP contribution < -0.4 is 14.8 Å². The highest BCUT2D eigenvalue weighted by molar-refractivity contribution is 5.89. The highest BCUT2D eigenvalue weighted by Crippen LogP contribution is 2.23. The summed E-state index contributed by atoms with van der Waals surface area (Å²) in [6.07, 6.45) is 3.05. The molecule has 0 aliphatic carbocycles. The average molecular weight is 442 g/mol. The van der Waals surface area contributed by atoms with E-state index in [1.54, 1.807) is 14.2 Å². The quantitative estimate of drug-likeness (QED) is 0.491.